The van der Waals surface area contributed by atoms with Gasteiger partial charge in [-0.15, -0.1) is 11.3 Å². The number of nitrogens with zero attached hydrogens (tertiary/aromatic N) is 2. The molecule has 0 amide bonds. The van der Waals surface area contributed by atoms with Crippen molar-refractivity contribution in [3.63, 3.8) is 0 Å². The van der Waals surface area contributed by atoms with E-state index in [2.05, 4.69) is 18.8 Å². The van der Waals surface area contributed by atoms with Crippen LogP contribution in [0.1, 0.15) is 49.4 Å². The molecule has 20 heavy (non-hydrogen) atoms. The summed E-state index contributed by atoms with van der Waals surface area (Å²) in [5.74, 6) is 7.33. The minimum atomic E-state index is -0.0623. The van der Waals surface area contributed by atoms with E-state index in [0.29, 0.717) is 5.92 Å². The zero-order valence-corrected chi connectivity index (χ0v) is 12.9. The Morgan fingerprint density at radius 2 is 2.30 bits per heavy atom. The fraction of sp³-hybridized carbons (Fsp3) is 0.600. The van der Waals surface area contributed by atoms with Gasteiger partial charge in [-0.25, -0.2) is 9.66 Å². The molecule has 1 unspecified atom stereocenters. The first-order valence-corrected chi connectivity index (χ1v) is 8.24. The number of aromatic nitrogens is 2. The molecule has 0 saturated carbocycles. The molecule has 0 aromatic carbocycles. The van der Waals surface area contributed by atoms with Crippen LogP contribution in [0, 0.1) is 5.92 Å². The monoisotopic (exact) mass is 291 g/mol. The summed E-state index contributed by atoms with van der Waals surface area (Å²) in [6, 6.07) is 0. The Labute approximate surface area is 122 Å². The van der Waals surface area contributed by atoms with E-state index >= 15 is 0 Å². The van der Waals surface area contributed by atoms with Crippen LogP contribution in [0.25, 0.3) is 10.2 Å². The van der Waals surface area contributed by atoms with Crippen LogP contribution in [-0.2, 0) is 19.3 Å². The van der Waals surface area contributed by atoms with Gasteiger partial charge >= 0.3 is 0 Å². The molecule has 1 aliphatic carbocycles. The van der Waals surface area contributed by atoms with Gasteiger partial charge in [-0.1, -0.05) is 20.3 Å². The van der Waals surface area contributed by atoms with Crippen LogP contribution < -0.4 is 11.4 Å². The van der Waals surface area contributed by atoms with Crippen LogP contribution in [-0.4, -0.2) is 9.66 Å². The third kappa shape index (κ3) is 2.14. The van der Waals surface area contributed by atoms with E-state index in [1.54, 1.807) is 11.3 Å². The molecule has 1 aliphatic rings. The van der Waals surface area contributed by atoms with Crippen molar-refractivity contribution < 1.29 is 0 Å². The lowest BCUT2D eigenvalue weighted by atomic mass is 9.89. The lowest BCUT2D eigenvalue weighted by molar-refractivity contribution is 0.508. The van der Waals surface area contributed by atoms with Crippen LogP contribution in [0.3, 0.4) is 0 Å². The third-order valence-corrected chi connectivity index (χ3v) is 5.37. The number of fused-ring (bicyclic) bond motifs is 3. The van der Waals surface area contributed by atoms with Crippen molar-refractivity contribution in [3.8, 4) is 0 Å². The van der Waals surface area contributed by atoms with Crippen molar-refractivity contribution in [1.82, 2.24) is 9.66 Å². The van der Waals surface area contributed by atoms with Gasteiger partial charge < -0.3 is 5.84 Å². The largest absolute Gasteiger partial charge is 0.335 e. The van der Waals surface area contributed by atoms with Gasteiger partial charge in [0.05, 0.1) is 5.39 Å². The van der Waals surface area contributed by atoms with Gasteiger partial charge in [-0.2, -0.15) is 0 Å². The molecule has 4 nitrogen and oxygen atoms in total. The van der Waals surface area contributed by atoms with E-state index in [9.17, 15) is 4.79 Å². The standard InChI is InChI=1S/C15H21N3OS/c1-3-4-5-12-17-14-13(15(19)18(12)16)10-8-9(2)6-7-11(10)20-14/h9H,3-8,16H2,1-2H3. The molecular formula is C15H21N3OS. The van der Waals surface area contributed by atoms with Gasteiger partial charge in [0.2, 0.25) is 0 Å². The normalized spacial score (nSPS) is 18.4. The molecule has 0 fully saturated rings. The Morgan fingerprint density at radius 3 is 3.05 bits per heavy atom. The van der Waals surface area contributed by atoms with Gasteiger partial charge in [0, 0.05) is 11.3 Å². The lowest BCUT2D eigenvalue weighted by Crippen LogP contribution is -2.32. The zero-order chi connectivity index (χ0) is 14.3. The Kier molecular flexibility index (Phi) is 3.54. The molecule has 2 heterocycles. The van der Waals surface area contributed by atoms with Crippen LogP contribution in [0.15, 0.2) is 4.79 Å². The summed E-state index contributed by atoms with van der Waals surface area (Å²) in [6.07, 6.45) is 6.13. The number of hydrogen-bond acceptors (Lipinski definition) is 4. The van der Waals surface area contributed by atoms with Crippen LogP contribution >= 0.6 is 11.3 Å². The van der Waals surface area contributed by atoms with Crippen LogP contribution in [0.4, 0.5) is 0 Å². The number of thiophene rings is 1. The Morgan fingerprint density at radius 1 is 1.50 bits per heavy atom. The quantitative estimate of drug-likeness (QED) is 0.884. The molecule has 0 aliphatic heterocycles. The second-order valence-corrected chi connectivity index (χ2v) is 6.92. The molecule has 0 saturated heterocycles. The Balaban J connectivity index is 2.17. The molecule has 5 heteroatoms. The predicted octanol–water partition coefficient (Wildman–Crippen LogP) is 2.64. The number of unbranched alkanes of at least 4 members (excludes halogenated alkanes) is 1. The van der Waals surface area contributed by atoms with E-state index in [4.69, 9.17) is 5.84 Å². The average Bonchev–Trinajstić information content (AvgIpc) is 2.78. The minimum absolute atomic E-state index is 0.0623. The molecule has 0 radical (unpaired) electrons. The second kappa shape index (κ2) is 5.20. The van der Waals surface area contributed by atoms with Crippen molar-refractivity contribution in [3.05, 3.63) is 26.6 Å². The SMILES string of the molecule is CCCCc1nc2sc3c(c2c(=O)n1N)CC(C)CC3. The van der Waals surface area contributed by atoms with Gasteiger partial charge in [0.25, 0.3) is 5.56 Å². The van der Waals surface area contributed by atoms with E-state index in [0.717, 1.165) is 48.1 Å². The van der Waals surface area contributed by atoms with E-state index in [1.807, 2.05) is 0 Å². The predicted molar refractivity (Wildman–Crippen MR) is 83.8 cm³/mol. The molecule has 2 N–H and O–H groups in total. The summed E-state index contributed by atoms with van der Waals surface area (Å²) in [4.78, 5) is 19.4. The Bertz CT molecular complexity index is 701. The molecule has 3 rings (SSSR count). The summed E-state index contributed by atoms with van der Waals surface area (Å²) < 4.78 is 1.27. The van der Waals surface area contributed by atoms with Crippen LogP contribution in [0.2, 0.25) is 0 Å². The summed E-state index contributed by atoms with van der Waals surface area (Å²) in [6.45, 7) is 4.37. The van der Waals surface area contributed by atoms with Gasteiger partial charge in [-0.3, -0.25) is 4.79 Å². The number of rotatable bonds is 3. The number of nitrogens with two attached hydrogens (primary N) is 1. The number of hydrogen-bond donors (Lipinski definition) is 1. The highest BCUT2D eigenvalue weighted by Gasteiger charge is 2.24. The van der Waals surface area contributed by atoms with Crippen molar-refractivity contribution >= 4 is 21.6 Å². The molecular weight excluding hydrogens is 270 g/mol. The topological polar surface area (TPSA) is 60.9 Å². The van der Waals surface area contributed by atoms with Crippen molar-refractivity contribution in [2.24, 2.45) is 5.92 Å². The molecule has 108 valence electrons. The number of nitrogen functional groups attached to an aromatic ring is 1. The number of aryl methyl sites for hydroxylation is 2. The molecule has 0 spiro atoms. The van der Waals surface area contributed by atoms with Crippen molar-refractivity contribution in [2.75, 3.05) is 5.84 Å². The van der Waals surface area contributed by atoms with Gasteiger partial charge in [0.15, 0.2) is 0 Å². The van der Waals surface area contributed by atoms with E-state index < -0.39 is 0 Å². The smallest absolute Gasteiger partial charge is 0.280 e. The highest BCUT2D eigenvalue weighted by molar-refractivity contribution is 7.18. The van der Waals surface area contributed by atoms with Crippen LogP contribution in [0.5, 0.6) is 0 Å². The fourth-order valence-electron chi connectivity index (χ4n) is 2.96. The second-order valence-electron chi connectivity index (χ2n) is 5.84. The molecule has 0 bridgehead atoms. The van der Waals surface area contributed by atoms with E-state index in [1.165, 1.54) is 21.5 Å². The lowest BCUT2D eigenvalue weighted by Gasteiger charge is -2.17. The molecule has 2 aromatic rings. The highest BCUT2D eigenvalue weighted by atomic mass is 32.1. The first kappa shape index (κ1) is 13.6. The minimum Gasteiger partial charge on any atom is -0.335 e. The summed E-state index contributed by atoms with van der Waals surface area (Å²) >= 11 is 1.69. The molecule has 1 atom stereocenters. The van der Waals surface area contributed by atoms with Gasteiger partial charge in [0.1, 0.15) is 10.7 Å². The average molecular weight is 291 g/mol. The first-order valence-electron chi connectivity index (χ1n) is 7.43. The summed E-state index contributed by atoms with van der Waals surface area (Å²) in [5.41, 5.74) is 1.15. The summed E-state index contributed by atoms with van der Waals surface area (Å²) in [7, 11) is 0. The van der Waals surface area contributed by atoms with Crippen molar-refractivity contribution in [2.45, 2.75) is 52.4 Å². The maximum absolute atomic E-state index is 12.6. The maximum atomic E-state index is 12.6. The van der Waals surface area contributed by atoms with Crippen molar-refractivity contribution in [1.29, 1.82) is 0 Å². The maximum Gasteiger partial charge on any atom is 0.280 e. The highest BCUT2D eigenvalue weighted by Crippen LogP contribution is 2.35. The third-order valence-electron chi connectivity index (χ3n) is 4.18. The molecule has 2 aromatic heterocycles. The Hall–Kier alpha value is -1.36. The van der Waals surface area contributed by atoms with Gasteiger partial charge in [-0.05, 0) is 37.2 Å². The fourth-order valence-corrected chi connectivity index (χ4v) is 4.19. The summed E-state index contributed by atoms with van der Waals surface area (Å²) in [5, 5.41) is 0.777. The zero-order valence-electron chi connectivity index (χ0n) is 12.1. The first-order chi connectivity index (χ1) is 9.61. The van der Waals surface area contributed by atoms with E-state index in [-0.39, 0.29) is 5.56 Å².